The van der Waals surface area contributed by atoms with Crippen LogP contribution in [0.3, 0.4) is 0 Å². The standard InChI is InChI=1S/C14H21NO2/c1-9(2)11(4)15(5)14(17)12-7-6-8-13(16)10(12)3/h6-9,11,16H,1-5H3. The Morgan fingerprint density at radius 1 is 1.29 bits per heavy atom. The van der Waals surface area contributed by atoms with E-state index in [1.54, 1.807) is 37.1 Å². The Morgan fingerprint density at radius 3 is 2.41 bits per heavy atom. The van der Waals surface area contributed by atoms with Crippen LogP contribution in [-0.4, -0.2) is 29.0 Å². The van der Waals surface area contributed by atoms with Gasteiger partial charge in [0.2, 0.25) is 0 Å². The number of phenolic OH excluding ortho intramolecular Hbond substituents is 1. The van der Waals surface area contributed by atoms with Crippen molar-refractivity contribution in [1.29, 1.82) is 0 Å². The molecule has 3 heteroatoms. The summed E-state index contributed by atoms with van der Waals surface area (Å²) < 4.78 is 0. The van der Waals surface area contributed by atoms with Crippen molar-refractivity contribution in [3.8, 4) is 5.75 Å². The fraction of sp³-hybridized carbons (Fsp3) is 0.500. The molecule has 17 heavy (non-hydrogen) atoms. The molecule has 1 amide bonds. The number of amides is 1. The number of phenols is 1. The number of aromatic hydroxyl groups is 1. The van der Waals surface area contributed by atoms with Crippen LogP contribution in [0.5, 0.6) is 5.75 Å². The molecule has 0 heterocycles. The first-order valence-electron chi connectivity index (χ1n) is 5.92. The molecule has 3 nitrogen and oxygen atoms in total. The van der Waals surface area contributed by atoms with Crippen molar-refractivity contribution in [1.82, 2.24) is 4.90 Å². The molecular formula is C14H21NO2. The molecule has 1 atom stereocenters. The highest BCUT2D eigenvalue weighted by Gasteiger charge is 2.21. The highest BCUT2D eigenvalue weighted by atomic mass is 16.3. The first-order valence-corrected chi connectivity index (χ1v) is 5.92. The van der Waals surface area contributed by atoms with Gasteiger partial charge in [0, 0.05) is 24.2 Å². The van der Waals surface area contributed by atoms with Gasteiger partial charge in [-0.25, -0.2) is 0 Å². The summed E-state index contributed by atoms with van der Waals surface area (Å²) in [5.41, 5.74) is 1.21. The van der Waals surface area contributed by atoms with E-state index < -0.39 is 0 Å². The van der Waals surface area contributed by atoms with Crippen molar-refractivity contribution >= 4 is 5.91 Å². The number of hydrogen-bond acceptors (Lipinski definition) is 2. The van der Waals surface area contributed by atoms with Crippen LogP contribution in [0.2, 0.25) is 0 Å². The van der Waals surface area contributed by atoms with Gasteiger partial charge in [0.25, 0.3) is 5.91 Å². The van der Waals surface area contributed by atoms with Crippen LogP contribution in [0.4, 0.5) is 0 Å². The molecule has 0 aliphatic carbocycles. The van der Waals surface area contributed by atoms with Gasteiger partial charge in [0.05, 0.1) is 0 Å². The summed E-state index contributed by atoms with van der Waals surface area (Å²) in [5, 5.41) is 9.61. The summed E-state index contributed by atoms with van der Waals surface area (Å²) in [6.45, 7) is 7.96. The van der Waals surface area contributed by atoms with Gasteiger partial charge in [-0.3, -0.25) is 4.79 Å². The van der Waals surface area contributed by atoms with Crippen molar-refractivity contribution in [2.75, 3.05) is 7.05 Å². The van der Waals surface area contributed by atoms with Gasteiger partial charge in [-0.1, -0.05) is 19.9 Å². The van der Waals surface area contributed by atoms with Crippen LogP contribution in [0.1, 0.15) is 36.7 Å². The summed E-state index contributed by atoms with van der Waals surface area (Å²) in [7, 11) is 1.80. The van der Waals surface area contributed by atoms with Gasteiger partial charge >= 0.3 is 0 Å². The molecule has 0 radical (unpaired) electrons. The lowest BCUT2D eigenvalue weighted by Gasteiger charge is -2.28. The minimum Gasteiger partial charge on any atom is -0.508 e. The van der Waals surface area contributed by atoms with Crippen LogP contribution < -0.4 is 0 Å². The van der Waals surface area contributed by atoms with Gasteiger partial charge < -0.3 is 10.0 Å². The van der Waals surface area contributed by atoms with Gasteiger partial charge in [0.1, 0.15) is 5.75 Å². The van der Waals surface area contributed by atoms with Crippen LogP contribution in [0, 0.1) is 12.8 Å². The van der Waals surface area contributed by atoms with E-state index in [2.05, 4.69) is 13.8 Å². The average molecular weight is 235 g/mol. The largest absolute Gasteiger partial charge is 0.508 e. The molecule has 0 aromatic heterocycles. The summed E-state index contributed by atoms with van der Waals surface area (Å²) in [6.07, 6.45) is 0. The smallest absolute Gasteiger partial charge is 0.254 e. The maximum atomic E-state index is 12.3. The summed E-state index contributed by atoms with van der Waals surface area (Å²) in [5.74, 6) is 0.530. The minimum absolute atomic E-state index is 0.0420. The first-order chi connectivity index (χ1) is 7.86. The predicted octanol–water partition coefficient (Wildman–Crippen LogP) is 2.82. The molecule has 1 aromatic rings. The molecule has 1 N–H and O–H groups in total. The number of carbonyl (C=O) groups is 1. The Bertz CT molecular complexity index is 413. The number of carbonyl (C=O) groups excluding carboxylic acids is 1. The molecule has 1 rings (SSSR count). The second kappa shape index (κ2) is 5.21. The lowest BCUT2D eigenvalue weighted by molar-refractivity contribution is 0.0706. The quantitative estimate of drug-likeness (QED) is 0.875. The fourth-order valence-corrected chi connectivity index (χ4v) is 1.68. The summed E-state index contributed by atoms with van der Waals surface area (Å²) >= 11 is 0. The highest BCUT2D eigenvalue weighted by Crippen LogP contribution is 2.22. The molecule has 0 bridgehead atoms. The van der Waals surface area contributed by atoms with Crippen molar-refractivity contribution in [2.45, 2.75) is 33.7 Å². The number of rotatable bonds is 3. The number of nitrogens with zero attached hydrogens (tertiary/aromatic N) is 1. The van der Waals surface area contributed by atoms with Crippen molar-refractivity contribution in [3.63, 3.8) is 0 Å². The first kappa shape index (κ1) is 13.6. The lowest BCUT2D eigenvalue weighted by Crippen LogP contribution is -2.38. The zero-order chi connectivity index (χ0) is 13.2. The minimum atomic E-state index is -0.0420. The topological polar surface area (TPSA) is 40.5 Å². The van der Waals surface area contributed by atoms with E-state index >= 15 is 0 Å². The average Bonchev–Trinajstić information content (AvgIpc) is 2.29. The van der Waals surface area contributed by atoms with Crippen molar-refractivity contribution in [2.24, 2.45) is 5.92 Å². The monoisotopic (exact) mass is 235 g/mol. The summed E-state index contributed by atoms with van der Waals surface area (Å²) in [4.78, 5) is 14.0. The van der Waals surface area contributed by atoms with Gasteiger partial charge in [-0.2, -0.15) is 0 Å². The normalized spacial score (nSPS) is 12.6. The molecule has 0 fully saturated rings. The van der Waals surface area contributed by atoms with Crippen LogP contribution >= 0.6 is 0 Å². The maximum absolute atomic E-state index is 12.3. The van der Waals surface area contributed by atoms with Crippen molar-refractivity contribution < 1.29 is 9.90 Å². The fourth-order valence-electron chi connectivity index (χ4n) is 1.68. The SMILES string of the molecule is Cc1c(O)cccc1C(=O)N(C)C(C)C(C)C. The Kier molecular flexibility index (Phi) is 4.16. The van der Waals surface area contributed by atoms with Crippen LogP contribution in [0.15, 0.2) is 18.2 Å². The zero-order valence-corrected chi connectivity index (χ0v) is 11.2. The van der Waals surface area contributed by atoms with Gasteiger partial charge in [-0.15, -0.1) is 0 Å². The molecule has 1 aromatic carbocycles. The molecule has 0 aliphatic rings. The van der Waals surface area contributed by atoms with E-state index in [9.17, 15) is 9.90 Å². The molecule has 1 unspecified atom stereocenters. The highest BCUT2D eigenvalue weighted by molar-refractivity contribution is 5.96. The molecule has 0 spiro atoms. The van der Waals surface area contributed by atoms with E-state index in [0.29, 0.717) is 17.0 Å². The Morgan fingerprint density at radius 2 is 1.88 bits per heavy atom. The van der Waals surface area contributed by atoms with Crippen LogP contribution in [-0.2, 0) is 0 Å². The Labute approximate surface area is 103 Å². The third-order valence-corrected chi connectivity index (χ3v) is 3.43. The molecule has 94 valence electrons. The third-order valence-electron chi connectivity index (χ3n) is 3.43. The van der Waals surface area contributed by atoms with Crippen molar-refractivity contribution in [3.05, 3.63) is 29.3 Å². The van der Waals surface area contributed by atoms with E-state index in [1.165, 1.54) is 0 Å². The third kappa shape index (κ3) is 2.78. The lowest BCUT2D eigenvalue weighted by atomic mass is 10.0. The number of hydrogen-bond donors (Lipinski definition) is 1. The maximum Gasteiger partial charge on any atom is 0.254 e. The Balaban J connectivity index is 3.01. The second-order valence-electron chi connectivity index (χ2n) is 4.85. The zero-order valence-electron chi connectivity index (χ0n) is 11.2. The van der Waals surface area contributed by atoms with E-state index in [-0.39, 0.29) is 17.7 Å². The molecular weight excluding hydrogens is 214 g/mol. The van der Waals surface area contributed by atoms with E-state index in [1.807, 2.05) is 6.92 Å². The molecule has 0 saturated carbocycles. The van der Waals surface area contributed by atoms with Crippen LogP contribution in [0.25, 0.3) is 0 Å². The Hall–Kier alpha value is -1.51. The number of benzene rings is 1. The second-order valence-corrected chi connectivity index (χ2v) is 4.85. The van der Waals surface area contributed by atoms with Gasteiger partial charge in [-0.05, 0) is 31.9 Å². The van der Waals surface area contributed by atoms with E-state index in [4.69, 9.17) is 0 Å². The molecule has 0 saturated heterocycles. The predicted molar refractivity (Wildman–Crippen MR) is 69.2 cm³/mol. The van der Waals surface area contributed by atoms with E-state index in [0.717, 1.165) is 0 Å². The summed E-state index contributed by atoms with van der Waals surface area (Å²) in [6, 6.07) is 5.21. The molecule has 0 aliphatic heterocycles. The van der Waals surface area contributed by atoms with Gasteiger partial charge in [0.15, 0.2) is 0 Å².